The zero-order valence-electron chi connectivity index (χ0n) is 14.4. The average Bonchev–Trinajstić information content (AvgIpc) is 2.45. The van der Waals surface area contributed by atoms with Crippen molar-refractivity contribution in [2.75, 3.05) is 26.0 Å². The van der Waals surface area contributed by atoms with Crippen LogP contribution in [0.5, 0.6) is 0 Å². The predicted octanol–water partition coefficient (Wildman–Crippen LogP) is 2.24. The zero-order chi connectivity index (χ0) is 18.3. The van der Waals surface area contributed by atoms with Crippen molar-refractivity contribution in [3.8, 4) is 6.07 Å². The Morgan fingerprint density at radius 3 is 2.46 bits per heavy atom. The van der Waals surface area contributed by atoms with E-state index < -0.39 is 11.8 Å². The highest BCUT2D eigenvalue weighted by molar-refractivity contribution is 6.40. The van der Waals surface area contributed by atoms with E-state index in [1.165, 1.54) is 18.2 Å². The maximum Gasteiger partial charge on any atom is 0.313 e. The number of hydrogen-bond acceptors (Lipinski definition) is 4. The summed E-state index contributed by atoms with van der Waals surface area (Å²) in [6, 6.07) is 6.28. The van der Waals surface area contributed by atoms with Crippen LogP contribution in [-0.2, 0) is 9.59 Å². The molecule has 1 rings (SSSR count). The van der Waals surface area contributed by atoms with E-state index in [0.717, 1.165) is 6.42 Å². The van der Waals surface area contributed by atoms with Crippen molar-refractivity contribution in [2.45, 2.75) is 26.3 Å². The van der Waals surface area contributed by atoms with E-state index in [1.807, 2.05) is 25.1 Å². The van der Waals surface area contributed by atoms with Crippen molar-refractivity contribution in [1.29, 1.82) is 5.26 Å². The fourth-order valence-electron chi connectivity index (χ4n) is 2.31. The van der Waals surface area contributed by atoms with Crippen molar-refractivity contribution in [2.24, 2.45) is 5.92 Å². The number of nitrogens with one attached hydrogen (secondary N) is 2. The second-order valence-electron chi connectivity index (χ2n) is 6.32. The molecule has 0 saturated carbocycles. The molecule has 0 aromatic heterocycles. The number of carbonyl (C=O) groups excluding carboxylic acids is 2. The maximum atomic E-state index is 12.1. The fourth-order valence-corrected chi connectivity index (χ4v) is 2.53. The summed E-state index contributed by atoms with van der Waals surface area (Å²) in [5, 5.41) is 14.3. The summed E-state index contributed by atoms with van der Waals surface area (Å²) in [7, 11) is 3.83. The molecule has 130 valence electrons. The standard InChI is InChI=1S/C17H23ClN4O2/c1-11(2)7-14(10-22(3)4)21-17(24)16(23)20-13-6-5-12(9-19)15(18)8-13/h5-6,8,11,14H,7,10H2,1-4H3,(H,20,23)(H,21,24). The van der Waals surface area contributed by atoms with E-state index in [2.05, 4.69) is 24.5 Å². The quantitative estimate of drug-likeness (QED) is 0.770. The molecule has 0 fully saturated rings. The number of benzene rings is 1. The lowest BCUT2D eigenvalue weighted by Gasteiger charge is -2.23. The topological polar surface area (TPSA) is 85.2 Å². The Labute approximate surface area is 147 Å². The van der Waals surface area contributed by atoms with Gasteiger partial charge >= 0.3 is 11.8 Å². The van der Waals surface area contributed by atoms with Crippen LogP contribution in [0.25, 0.3) is 0 Å². The molecule has 6 nitrogen and oxygen atoms in total. The summed E-state index contributed by atoms with van der Waals surface area (Å²) in [5.74, 6) is -1.05. The van der Waals surface area contributed by atoms with Crippen molar-refractivity contribution >= 4 is 29.1 Å². The maximum absolute atomic E-state index is 12.1. The lowest BCUT2D eigenvalue weighted by atomic mass is 10.0. The van der Waals surface area contributed by atoms with Gasteiger partial charge in [-0.05, 0) is 44.6 Å². The number of amides is 2. The molecule has 0 bridgehead atoms. The third-order valence-electron chi connectivity index (χ3n) is 3.23. The van der Waals surface area contributed by atoms with Crippen LogP contribution in [0, 0.1) is 17.2 Å². The molecule has 1 unspecified atom stereocenters. The molecule has 0 aliphatic heterocycles. The van der Waals surface area contributed by atoms with Gasteiger partial charge in [-0.3, -0.25) is 9.59 Å². The minimum absolute atomic E-state index is 0.109. The third kappa shape index (κ3) is 6.57. The van der Waals surface area contributed by atoms with Crippen LogP contribution in [0.1, 0.15) is 25.8 Å². The van der Waals surface area contributed by atoms with Crippen LogP contribution >= 0.6 is 11.6 Å². The highest BCUT2D eigenvalue weighted by atomic mass is 35.5. The molecule has 0 radical (unpaired) electrons. The van der Waals surface area contributed by atoms with Gasteiger partial charge in [0.1, 0.15) is 6.07 Å². The largest absolute Gasteiger partial charge is 0.344 e. The Morgan fingerprint density at radius 2 is 1.96 bits per heavy atom. The smallest absolute Gasteiger partial charge is 0.313 e. The van der Waals surface area contributed by atoms with Crippen LogP contribution < -0.4 is 10.6 Å². The molecule has 24 heavy (non-hydrogen) atoms. The van der Waals surface area contributed by atoms with E-state index in [1.54, 1.807) is 0 Å². The average molecular weight is 351 g/mol. The molecule has 2 amide bonds. The van der Waals surface area contributed by atoms with Gasteiger partial charge in [0, 0.05) is 18.3 Å². The molecule has 0 aliphatic carbocycles. The molecule has 7 heteroatoms. The first-order valence-corrected chi connectivity index (χ1v) is 8.07. The minimum Gasteiger partial charge on any atom is -0.344 e. The normalized spacial score (nSPS) is 11.9. The molecule has 1 aromatic carbocycles. The van der Waals surface area contributed by atoms with Crippen LogP contribution in [0.4, 0.5) is 5.69 Å². The first-order valence-electron chi connectivity index (χ1n) is 7.69. The van der Waals surface area contributed by atoms with Gasteiger partial charge in [-0.15, -0.1) is 0 Å². The van der Waals surface area contributed by atoms with Gasteiger partial charge in [-0.25, -0.2) is 0 Å². The van der Waals surface area contributed by atoms with E-state index in [9.17, 15) is 9.59 Å². The summed E-state index contributed by atoms with van der Waals surface area (Å²) in [4.78, 5) is 26.1. The molecular formula is C17H23ClN4O2. The summed E-state index contributed by atoms with van der Waals surface area (Å²) in [6.07, 6.45) is 0.778. The van der Waals surface area contributed by atoms with Crippen LogP contribution in [0.2, 0.25) is 5.02 Å². The third-order valence-corrected chi connectivity index (χ3v) is 3.54. The molecule has 0 heterocycles. The van der Waals surface area contributed by atoms with Crippen LogP contribution in [0.15, 0.2) is 18.2 Å². The SMILES string of the molecule is CC(C)CC(CN(C)C)NC(=O)C(=O)Nc1ccc(C#N)c(Cl)c1. The van der Waals surface area contributed by atoms with Crippen molar-refractivity contribution < 1.29 is 9.59 Å². The molecule has 0 aliphatic rings. The monoisotopic (exact) mass is 350 g/mol. The Bertz CT molecular complexity index is 628. The second-order valence-corrected chi connectivity index (χ2v) is 6.73. The van der Waals surface area contributed by atoms with Crippen LogP contribution in [0.3, 0.4) is 0 Å². The Balaban J connectivity index is 2.70. The number of nitriles is 1. The summed E-state index contributed by atoms with van der Waals surface area (Å²) in [6.45, 7) is 4.78. The Morgan fingerprint density at radius 1 is 1.29 bits per heavy atom. The van der Waals surface area contributed by atoms with Gasteiger partial charge < -0.3 is 15.5 Å². The highest BCUT2D eigenvalue weighted by Crippen LogP contribution is 2.20. The molecule has 2 N–H and O–H groups in total. The van der Waals surface area contributed by atoms with Gasteiger partial charge in [-0.2, -0.15) is 5.26 Å². The van der Waals surface area contributed by atoms with E-state index in [-0.39, 0.29) is 11.1 Å². The second kappa shape index (κ2) is 9.26. The van der Waals surface area contributed by atoms with Crippen molar-refractivity contribution in [1.82, 2.24) is 10.2 Å². The first kappa shape index (κ1) is 19.9. The first-order chi connectivity index (χ1) is 11.2. The number of likely N-dealkylation sites (N-methyl/N-ethyl adjacent to an activating group) is 1. The summed E-state index contributed by atoms with van der Waals surface area (Å²) < 4.78 is 0. The summed E-state index contributed by atoms with van der Waals surface area (Å²) in [5.41, 5.74) is 0.675. The van der Waals surface area contributed by atoms with Gasteiger partial charge in [0.2, 0.25) is 0 Å². The minimum atomic E-state index is -0.761. The van der Waals surface area contributed by atoms with E-state index in [4.69, 9.17) is 16.9 Å². The fraction of sp³-hybridized carbons (Fsp3) is 0.471. The van der Waals surface area contributed by atoms with Gasteiger partial charge in [0.25, 0.3) is 0 Å². The van der Waals surface area contributed by atoms with E-state index in [0.29, 0.717) is 23.7 Å². The number of hydrogen-bond donors (Lipinski definition) is 2. The van der Waals surface area contributed by atoms with Gasteiger partial charge in [0.05, 0.1) is 10.6 Å². The summed E-state index contributed by atoms with van der Waals surface area (Å²) >= 11 is 5.91. The predicted molar refractivity (Wildman–Crippen MR) is 94.7 cm³/mol. The molecule has 0 saturated heterocycles. The molecule has 0 spiro atoms. The van der Waals surface area contributed by atoms with E-state index >= 15 is 0 Å². The lowest BCUT2D eigenvalue weighted by molar-refractivity contribution is -0.136. The van der Waals surface area contributed by atoms with Crippen molar-refractivity contribution in [3.05, 3.63) is 28.8 Å². The van der Waals surface area contributed by atoms with Crippen molar-refractivity contribution in [3.63, 3.8) is 0 Å². The van der Waals surface area contributed by atoms with Gasteiger partial charge in [0.15, 0.2) is 0 Å². The van der Waals surface area contributed by atoms with Gasteiger partial charge in [-0.1, -0.05) is 25.4 Å². The zero-order valence-corrected chi connectivity index (χ0v) is 15.1. The number of carbonyl (C=O) groups is 2. The molecule has 1 aromatic rings. The number of halogens is 1. The number of nitrogens with zero attached hydrogens (tertiary/aromatic N) is 2. The number of anilines is 1. The lowest BCUT2D eigenvalue weighted by Crippen LogP contribution is -2.46. The Kier molecular flexibility index (Phi) is 7.69. The molecular weight excluding hydrogens is 328 g/mol. The van der Waals surface area contributed by atoms with Crippen LogP contribution in [-0.4, -0.2) is 43.4 Å². The molecule has 1 atom stereocenters. The Hall–Kier alpha value is -2.10. The number of rotatable bonds is 6. The highest BCUT2D eigenvalue weighted by Gasteiger charge is 2.20.